The first kappa shape index (κ1) is 23.0. The highest BCUT2D eigenvalue weighted by Crippen LogP contribution is 2.39. The third kappa shape index (κ3) is 4.36. The number of methoxy groups -OCH3 is 2. The molecule has 1 atom stereocenters. The number of carbonyl (C=O) groups excluding carboxylic acids is 1. The summed E-state index contributed by atoms with van der Waals surface area (Å²) in [5, 5.41) is 11.5. The van der Waals surface area contributed by atoms with Gasteiger partial charge in [0.1, 0.15) is 23.0 Å². The molecule has 0 bridgehead atoms. The van der Waals surface area contributed by atoms with E-state index >= 15 is 0 Å². The van der Waals surface area contributed by atoms with Gasteiger partial charge in [-0.25, -0.2) is 0 Å². The number of ether oxygens (including phenoxy) is 2. The minimum atomic E-state index is -0.712. The lowest BCUT2D eigenvalue weighted by atomic mass is 9.99. The summed E-state index contributed by atoms with van der Waals surface area (Å²) < 4.78 is 12.6. The van der Waals surface area contributed by atoms with Crippen LogP contribution in [0.1, 0.15) is 46.9 Å². The predicted molar refractivity (Wildman–Crippen MR) is 131 cm³/mol. The van der Waals surface area contributed by atoms with Crippen molar-refractivity contribution in [1.29, 1.82) is 0 Å². The molecule has 1 amide bonds. The van der Waals surface area contributed by atoms with Gasteiger partial charge >= 0.3 is 0 Å². The van der Waals surface area contributed by atoms with E-state index in [9.17, 15) is 14.7 Å². The first-order chi connectivity index (χ1) is 17.0. The molecule has 2 aromatic carbocycles. The molecule has 8 nitrogen and oxygen atoms in total. The molecule has 2 aliphatic rings. The summed E-state index contributed by atoms with van der Waals surface area (Å²) in [6.45, 7) is 0.975. The van der Waals surface area contributed by atoms with Gasteiger partial charge in [-0.2, -0.15) is 4.98 Å². The van der Waals surface area contributed by atoms with Crippen molar-refractivity contribution in [2.45, 2.75) is 31.6 Å². The van der Waals surface area contributed by atoms with Crippen LogP contribution in [0.5, 0.6) is 17.4 Å². The van der Waals surface area contributed by atoms with Crippen LogP contribution in [0.2, 0.25) is 0 Å². The Morgan fingerprint density at radius 3 is 2.34 bits per heavy atom. The number of rotatable bonds is 7. The number of carbonyl (C=O) groups is 1. The molecular formula is C27H29N3O5. The minimum Gasteiger partial charge on any atom is -0.494 e. The van der Waals surface area contributed by atoms with E-state index in [-0.39, 0.29) is 11.5 Å². The van der Waals surface area contributed by atoms with Gasteiger partial charge in [0.05, 0.1) is 14.2 Å². The van der Waals surface area contributed by atoms with Crippen LogP contribution in [-0.2, 0) is 6.42 Å². The molecule has 1 aliphatic heterocycles. The van der Waals surface area contributed by atoms with E-state index in [4.69, 9.17) is 9.47 Å². The molecule has 0 radical (unpaired) electrons. The van der Waals surface area contributed by atoms with Crippen molar-refractivity contribution in [3.05, 3.63) is 75.8 Å². The third-order valence-corrected chi connectivity index (χ3v) is 6.89. The maximum absolute atomic E-state index is 13.6. The van der Waals surface area contributed by atoms with Crippen molar-refractivity contribution in [3.8, 4) is 23.1 Å². The molecular weight excluding hydrogens is 446 g/mol. The molecule has 2 fully saturated rings. The molecule has 1 saturated carbocycles. The van der Waals surface area contributed by atoms with Crippen LogP contribution >= 0.6 is 0 Å². The first-order valence-electron chi connectivity index (χ1n) is 11.9. The fourth-order valence-corrected chi connectivity index (χ4v) is 4.84. The maximum Gasteiger partial charge on any atom is 0.289 e. The number of aromatic hydroxyl groups is 1. The van der Waals surface area contributed by atoms with Crippen molar-refractivity contribution >= 4 is 5.91 Å². The van der Waals surface area contributed by atoms with E-state index in [1.165, 1.54) is 18.8 Å². The van der Waals surface area contributed by atoms with Crippen molar-refractivity contribution in [1.82, 2.24) is 14.5 Å². The minimum absolute atomic E-state index is 0.181. The van der Waals surface area contributed by atoms with Gasteiger partial charge < -0.3 is 19.5 Å². The molecule has 5 rings (SSSR count). The highest BCUT2D eigenvalue weighted by Gasteiger charge is 2.34. The van der Waals surface area contributed by atoms with Crippen LogP contribution < -0.4 is 15.0 Å². The smallest absolute Gasteiger partial charge is 0.289 e. The zero-order chi connectivity index (χ0) is 24.5. The Labute approximate surface area is 203 Å². The molecule has 1 aliphatic carbocycles. The quantitative estimate of drug-likeness (QED) is 0.562. The van der Waals surface area contributed by atoms with Gasteiger partial charge in [0, 0.05) is 25.4 Å². The van der Waals surface area contributed by atoms with E-state index in [1.807, 2.05) is 30.3 Å². The van der Waals surface area contributed by atoms with Crippen LogP contribution in [0.3, 0.4) is 0 Å². The Hall–Kier alpha value is -3.81. The lowest BCUT2D eigenvalue weighted by Gasteiger charge is -2.22. The summed E-state index contributed by atoms with van der Waals surface area (Å²) >= 11 is 0. The van der Waals surface area contributed by atoms with Crippen LogP contribution in [0, 0.1) is 5.92 Å². The summed E-state index contributed by atoms with van der Waals surface area (Å²) in [4.78, 5) is 32.6. The lowest BCUT2D eigenvalue weighted by molar-refractivity contribution is 0.0784. The number of benzene rings is 2. The molecule has 2 heterocycles. The van der Waals surface area contributed by atoms with E-state index in [2.05, 4.69) is 4.98 Å². The average molecular weight is 476 g/mol. The molecule has 8 heteroatoms. The zero-order valence-electron chi connectivity index (χ0n) is 19.9. The monoisotopic (exact) mass is 475 g/mol. The molecule has 0 unspecified atom stereocenters. The van der Waals surface area contributed by atoms with Crippen molar-refractivity contribution in [3.63, 3.8) is 0 Å². The van der Waals surface area contributed by atoms with Crippen molar-refractivity contribution in [2.75, 3.05) is 27.3 Å². The van der Waals surface area contributed by atoms with Crippen LogP contribution in [-0.4, -0.2) is 52.8 Å². The highest BCUT2D eigenvalue weighted by molar-refractivity contribution is 5.96. The van der Waals surface area contributed by atoms with Crippen molar-refractivity contribution in [2.24, 2.45) is 5.92 Å². The zero-order valence-corrected chi connectivity index (χ0v) is 19.9. The number of amides is 1. The van der Waals surface area contributed by atoms with Gasteiger partial charge in [0.15, 0.2) is 5.56 Å². The topological polar surface area (TPSA) is 93.9 Å². The average Bonchev–Trinajstić information content (AvgIpc) is 3.55. The summed E-state index contributed by atoms with van der Waals surface area (Å²) in [6, 6.07) is 15.3. The number of likely N-dealkylation sites (tertiary alicyclic amines) is 1. The van der Waals surface area contributed by atoms with E-state index in [0.29, 0.717) is 48.4 Å². The molecule has 35 heavy (non-hydrogen) atoms. The second kappa shape index (κ2) is 9.44. The number of aromatic nitrogens is 2. The second-order valence-corrected chi connectivity index (χ2v) is 9.17. The van der Waals surface area contributed by atoms with E-state index in [1.54, 1.807) is 23.1 Å². The molecule has 1 saturated heterocycles. The largest absolute Gasteiger partial charge is 0.494 e. The number of para-hydroxylation sites is 1. The first-order valence-corrected chi connectivity index (χ1v) is 11.9. The third-order valence-electron chi connectivity index (χ3n) is 6.89. The van der Waals surface area contributed by atoms with Gasteiger partial charge in [-0.15, -0.1) is 0 Å². The number of hydrogen-bond acceptors (Lipinski definition) is 6. The summed E-state index contributed by atoms with van der Waals surface area (Å²) in [5.41, 5.74) is 0.527. The summed E-state index contributed by atoms with van der Waals surface area (Å²) in [5.74, 6) is 0.881. The van der Waals surface area contributed by atoms with Crippen LogP contribution in [0.4, 0.5) is 0 Å². The van der Waals surface area contributed by atoms with Gasteiger partial charge in [0.2, 0.25) is 5.88 Å². The van der Waals surface area contributed by atoms with Gasteiger partial charge in [-0.3, -0.25) is 14.2 Å². The molecule has 1 N–H and O–H groups in total. The molecule has 182 valence electrons. The second-order valence-electron chi connectivity index (χ2n) is 9.17. The predicted octanol–water partition coefficient (Wildman–Crippen LogP) is 3.54. The standard InChI is InChI=1S/C27H29N3O5/c1-34-20-9-6-10-21(35-2)24(20)30-22(15-17-11-12-17)28-25(31)23(27(30)33)26(32)29-14-13-19(16-29)18-7-4-3-5-8-18/h3-10,17,19,33H,11-16H2,1-2H3/t19-/m1/s1. The van der Waals surface area contributed by atoms with Gasteiger partial charge in [0.25, 0.3) is 11.5 Å². The molecule has 1 aromatic heterocycles. The normalized spacial score (nSPS) is 17.4. The fourth-order valence-electron chi connectivity index (χ4n) is 4.84. The lowest BCUT2D eigenvalue weighted by Crippen LogP contribution is -2.35. The highest BCUT2D eigenvalue weighted by atomic mass is 16.5. The molecule has 0 spiro atoms. The van der Waals surface area contributed by atoms with Gasteiger partial charge in [-0.1, -0.05) is 36.4 Å². The Bertz CT molecular complexity index is 1280. The van der Waals surface area contributed by atoms with Crippen LogP contribution in [0.15, 0.2) is 53.3 Å². The summed E-state index contributed by atoms with van der Waals surface area (Å²) in [6.07, 6.45) is 3.38. The summed E-state index contributed by atoms with van der Waals surface area (Å²) in [7, 11) is 3.04. The van der Waals surface area contributed by atoms with Gasteiger partial charge in [-0.05, 0) is 42.9 Å². The van der Waals surface area contributed by atoms with E-state index < -0.39 is 17.3 Å². The number of nitrogens with zero attached hydrogens (tertiary/aromatic N) is 3. The van der Waals surface area contributed by atoms with Crippen LogP contribution in [0.25, 0.3) is 5.69 Å². The van der Waals surface area contributed by atoms with Crippen molar-refractivity contribution < 1.29 is 19.4 Å². The van der Waals surface area contributed by atoms with E-state index in [0.717, 1.165) is 24.8 Å². The number of hydrogen-bond donors (Lipinski definition) is 1. The molecule has 3 aromatic rings. The Morgan fingerprint density at radius 2 is 1.71 bits per heavy atom. The SMILES string of the molecule is COc1cccc(OC)c1-n1c(CC2CC2)nc(=O)c(C(=O)N2CC[C@@H](c3ccccc3)C2)c1O. The maximum atomic E-state index is 13.6. The Kier molecular flexibility index (Phi) is 6.19. The Balaban J connectivity index is 1.58. The fraction of sp³-hybridized carbons (Fsp3) is 0.370. The Morgan fingerprint density at radius 1 is 1.03 bits per heavy atom.